The van der Waals surface area contributed by atoms with Gasteiger partial charge in [0, 0.05) is 0 Å². The van der Waals surface area contributed by atoms with E-state index in [1.807, 2.05) is 0 Å². The van der Waals surface area contributed by atoms with Crippen LogP contribution in [0.1, 0.15) is 22.3 Å². The molecule has 4 aromatic rings. The molecule has 4 aromatic carbocycles. The van der Waals surface area contributed by atoms with Crippen LogP contribution in [0.25, 0.3) is 46.6 Å². The summed E-state index contributed by atoms with van der Waals surface area (Å²) in [6.07, 6.45) is 8.96. The van der Waals surface area contributed by atoms with Crippen molar-refractivity contribution in [3.63, 3.8) is 0 Å². The molecule has 132 valence electrons. The van der Waals surface area contributed by atoms with E-state index in [2.05, 4.69) is 121 Å². The molecule has 0 heterocycles. The maximum Gasteiger partial charge on any atom is -0.00268 e. The zero-order valence-corrected chi connectivity index (χ0v) is 15.5. The monoisotopic (exact) mass is 356 g/mol. The maximum atomic E-state index is 2.27. The van der Waals surface area contributed by atoms with Crippen molar-refractivity contribution in [3.8, 4) is 22.3 Å². The van der Waals surface area contributed by atoms with Crippen LogP contribution in [-0.4, -0.2) is 0 Å². The van der Waals surface area contributed by atoms with E-state index in [-0.39, 0.29) is 0 Å². The second-order valence-corrected chi connectivity index (χ2v) is 7.02. The van der Waals surface area contributed by atoms with Crippen LogP contribution in [-0.2, 0) is 0 Å². The van der Waals surface area contributed by atoms with Gasteiger partial charge in [-0.3, -0.25) is 0 Å². The van der Waals surface area contributed by atoms with Crippen LogP contribution in [0.5, 0.6) is 0 Å². The summed E-state index contributed by atoms with van der Waals surface area (Å²) in [5.74, 6) is 0. The Hall–Kier alpha value is -3.64. The lowest BCUT2D eigenvalue weighted by atomic mass is 9.86. The van der Waals surface area contributed by atoms with Gasteiger partial charge in [0.2, 0.25) is 0 Å². The van der Waals surface area contributed by atoms with E-state index in [0.29, 0.717) is 0 Å². The van der Waals surface area contributed by atoms with Crippen molar-refractivity contribution in [1.29, 1.82) is 0 Å². The normalized spacial score (nSPS) is 14.3. The highest BCUT2D eigenvalue weighted by Gasteiger charge is 2.15. The van der Waals surface area contributed by atoms with Gasteiger partial charge in [-0.15, -0.1) is 0 Å². The SMILES string of the molecule is C1=C\c2ccc(-c3ccccc3)c(-c3ccccc3)c2/C=C\c2ccccc2/1. The Balaban J connectivity index is 1.79. The summed E-state index contributed by atoms with van der Waals surface area (Å²) in [4.78, 5) is 0. The van der Waals surface area contributed by atoms with Crippen molar-refractivity contribution in [2.24, 2.45) is 0 Å². The smallest absolute Gasteiger partial charge is 0.00268 e. The second-order valence-electron chi connectivity index (χ2n) is 7.02. The fraction of sp³-hybridized carbons (Fsp3) is 0. The van der Waals surface area contributed by atoms with Crippen LogP contribution in [0, 0.1) is 0 Å². The summed E-state index contributed by atoms with van der Waals surface area (Å²) in [7, 11) is 0. The predicted molar refractivity (Wildman–Crippen MR) is 122 cm³/mol. The molecule has 1 aliphatic rings. The molecule has 0 aliphatic heterocycles. The first-order chi connectivity index (χ1) is 13.9. The second kappa shape index (κ2) is 7.17. The number of hydrogen-bond acceptors (Lipinski definition) is 0. The van der Waals surface area contributed by atoms with Crippen LogP contribution in [0.2, 0.25) is 0 Å². The first-order valence-electron chi connectivity index (χ1n) is 9.63. The molecule has 0 nitrogen and oxygen atoms in total. The zero-order valence-electron chi connectivity index (χ0n) is 15.5. The van der Waals surface area contributed by atoms with E-state index in [1.54, 1.807) is 0 Å². The molecule has 0 saturated carbocycles. The summed E-state index contributed by atoms with van der Waals surface area (Å²) in [5.41, 5.74) is 10.0. The molecule has 0 unspecified atom stereocenters. The number of benzene rings is 4. The van der Waals surface area contributed by atoms with Crippen molar-refractivity contribution in [3.05, 3.63) is 119 Å². The van der Waals surface area contributed by atoms with Crippen molar-refractivity contribution in [2.45, 2.75) is 0 Å². The van der Waals surface area contributed by atoms with Gasteiger partial charge in [-0.1, -0.05) is 121 Å². The Morgan fingerprint density at radius 3 is 1.57 bits per heavy atom. The summed E-state index contributed by atoms with van der Waals surface area (Å²) >= 11 is 0. The lowest BCUT2D eigenvalue weighted by molar-refractivity contribution is 1.53. The molecule has 0 bridgehead atoms. The minimum atomic E-state index is 1.24. The van der Waals surface area contributed by atoms with Crippen LogP contribution in [0.3, 0.4) is 0 Å². The highest BCUT2D eigenvalue weighted by atomic mass is 14.2. The Labute approximate surface area is 166 Å². The molecule has 0 spiro atoms. The quantitative estimate of drug-likeness (QED) is 0.304. The molecule has 0 saturated heterocycles. The van der Waals surface area contributed by atoms with Gasteiger partial charge in [0.25, 0.3) is 0 Å². The van der Waals surface area contributed by atoms with E-state index >= 15 is 0 Å². The van der Waals surface area contributed by atoms with Gasteiger partial charge < -0.3 is 0 Å². The van der Waals surface area contributed by atoms with Gasteiger partial charge in [-0.2, -0.15) is 0 Å². The first-order valence-corrected chi connectivity index (χ1v) is 9.63. The highest BCUT2D eigenvalue weighted by molar-refractivity contribution is 5.97. The number of fused-ring (bicyclic) bond motifs is 2. The molecule has 0 atom stereocenters. The van der Waals surface area contributed by atoms with Gasteiger partial charge in [0.05, 0.1) is 0 Å². The fourth-order valence-corrected chi connectivity index (χ4v) is 3.90. The van der Waals surface area contributed by atoms with Crippen molar-refractivity contribution in [1.82, 2.24) is 0 Å². The summed E-state index contributed by atoms with van der Waals surface area (Å²) in [6.45, 7) is 0. The van der Waals surface area contributed by atoms with Gasteiger partial charge in [0.1, 0.15) is 0 Å². The Morgan fingerprint density at radius 1 is 0.357 bits per heavy atom. The zero-order chi connectivity index (χ0) is 18.8. The summed E-state index contributed by atoms with van der Waals surface area (Å²) in [5, 5.41) is 0. The topological polar surface area (TPSA) is 0 Å². The lowest BCUT2D eigenvalue weighted by Gasteiger charge is -2.18. The van der Waals surface area contributed by atoms with Crippen molar-refractivity contribution < 1.29 is 0 Å². The number of hydrogen-bond donors (Lipinski definition) is 0. The maximum absolute atomic E-state index is 2.27. The third-order valence-corrected chi connectivity index (χ3v) is 5.29. The highest BCUT2D eigenvalue weighted by Crippen LogP contribution is 2.39. The van der Waals surface area contributed by atoms with E-state index in [1.165, 1.54) is 44.5 Å². The van der Waals surface area contributed by atoms with Gasteiger partial charge >= 0.3 is 0 Å². The summed E-state index contributed by atoms with van der Waals surface area (Å²) < 4.78 is 0. The molecular formula is C28H20. The van der Waals surface area contributed by atoms with E-state index in [0.717, 1.165) is 0 Å². The Morgan fingerprint density at radius 2 is 0.893 bits per heavy atom. The van der Waals surface area contributed by atoms with Gasteiger partial charge in [-0.25, -0.2) is 0 Å². The Kier molecular flexibility index (Phi) is 4.23. The van der Waals surface area contributed by atoms with Crippen LogP contribution in [0.4, 0.5) is 0 Å². The van der Waals surface area contributed by atoms with Crippen molar-refractivity contribution in [2.75, 3.05) is 0 Å². The average molecular weight is 356 g/mol. The molecule has 5 rings (SSSR count). The molecule has 0 aromatic heterocycles. The third-order valence-electron chi connectivity index (χ3n) is 5.29. The third kappa shape index (κ3) is 3.00. The minimum Gasteiger partial charge on any atom is -0.0622 e. The average Bonchev–Trinajstić information content (AvgIpc) is 2.76. The predicted octanol–water partition coefficient (Wildman–Crippen LogP) is 7.67. The van der Waals surface area contributed by atoms with Crippen LogP contribution < -0.4 is 0 Å². The minimum absolute atomic E-state index is 1.24. The van der Waals surface area contributed by atoms with E-state index in [9.17, 15) is 0 Å². The molecule has 0 amide bonds. The molecule has 0 N–H and O–H groups in total. The fourth-order valence-electron chi connectivity index (χ4n) is 3.90. The van der Waals surface area contributed by atoms with Crippen molar-refractivity contribution >= 4 is 24.3 Å². The largest absolute Gasteiger partial charge is 0.0622 e. The van der Waals surface area contributed by atoms with E-state index < -0.39 is 0 Å². The molecule has 28 heavy (non-hydrogen) atoms. The summed E-state index contributed by atoms with van der Waals surface area (Å²) in [6, 6.07) is 34.4. The number of rotatable bonds is 2. The van der Waals surface area contributed by atoms with Gasteiger partial charge in [-0.05, 0) is 44.5 Å². The van der Waals surface area contributed by atoms with Crippen LogP contribution >= 0.6 is 0 Å². The standard InChI is InChI=1S/C28H20/c1-3-11-23(12-4-1)26-20-18-24-16-15-21-9-7-8-10-22(21)17-19-27(24)28(26)25-13-5-2-6-14-25/h1-20H/b16-15-,19-17-,21-15?,22-17?,24-16?,27-19?. The Bertz CT molecular complexity index is 1180. The molecule has 0 radical (unpaired) electrons. The van der Waals surface area contributed by atoms with Crippen LogP contribution in [0.15, 0.2) is 97.1 Å². The van der Waals surface area contributed by atoms with Gasteiger partial charge in [0.15, 0.2) is 0 Å². The molecule has 0 fully saturated rings. The first kappa shape index (κ1) is 16.5. The molecule has 0 heteroatoms. The van der Waals surface area contributed by atoms with E-state index in [4.69, 9.17) is 0 Å². The lowest BCUT2D eigenvalue weighted by Crippen LogP contribution is -1.94. The molecular weight excluding hydrogens is 336 g/mol. The molecule has 1 aliphatic carbocycles.